The maximum atomic E-state index is 13.3. The van der Waals surface area contributed by atoms with Crippen molar-refractivity contribution in [3.63, 3.8) is 0 Å². The Kier molecular flexibility index (Phi) is 3.04. The van der Waals surface area contributed by atoms with Crippen LogP contribution in [0.2, 0.25) is 0 Å². The molecule has 23 heavy (non-hydrogen) atoms. The first-order chi connectivity index (χ1) is 11.1. The van der Waals surface area contributed by atoms with Crippen LogP contribution in [0.3, 0.4) is 0 Å². The fraction of sp³-hybridized carbons (Fsp3) is 0.176. The quantitative estimate of drug-likeness (QED) is 0.762. The maximum absolute atomic E-state index is 13.3. The average molecular weight is 310 g/mol. The molecule has 0 saturated heterocycles. The molecule has 1 atom stereocenters. The van der Waals surface area contributed by atoms with Gasteiger partial charge in [-0.3, -0.25) is 4.79 Å². The first-order valence-corrected chi connectivity index (χ1v) is 7.44. The monoisotopic (exact) mass is 310 g/mol. The highest BCUT2D eigenvalue weighted by atomic mass is 19.1. The molecule has 5 nitrogen and oxygen atoms in total. The molecule has 0 saturated carbocycles. The summed E-state index contributed by atoms with van der Waals surface area (Å²) in [6, 6.07) is 6.14. The second-order valence-electron chi connectivity index (χ2n) is 5.73. The summed E-state index contributed by atoms with van der Waals surface area (Å²) in [4.78, 5) is 20.1. The summed E-state index contributed by atoms with van der Waals surface area (Å²) in [5.41, 5.74) is 2.77. The van der Waals surface area contributed by atoms with E-state index >= 15 is 0 Å². The van der Waals surface area contributed by atoms with Crippen molar-refractivity contribution in [3.8, 4) is 11.4 Å². The third-order valence-corrected chi connectivity index (χ3v) is 4.16. The van der Waals surface area contributed by atoms with Crippen LogP contribution in [0.25, 0.3) is 11.4 Å². The highest BCUT2D eigenvalue weighted by Crippen LogP contribution is 2.35. The third kappa shape index (κ3) is 2.23. The lowest BCUT2D eigenvalue weighted by Gasteiger charge is -2.22. The minimum absolute atomic E-state index is 0.280. The van der Waals surface area contributed by atoms with E-state index in [1.54, 1.807) is 24.5 Å². The number of H-pyrrole nitrogens is 1. The smallest absolute Gasteiger partial charge is 0.257 e. The van der Waals surface area contributed by atoms with Gasteiger partial charge in [-0.2, -0.15) is 0 Å². The first kappa shape index (κ1) is 13.8. The molecular formula is C17H15FN4O. The van der Waals surface area contributed by atoms with Gasteiger partial charge in [0.2, 0.25) is 0 Å². The van der Waals surface area contributed by atoms with E-state index in [2.05, 4.69) is 26.8 Å². The molecule has 3 heterocycles. The molecule has 0 spiro atoms. The molecule has 116 valence electrons. The van der Waals surface area contributed by atoms with E-state index in [9.17, 15) is 9.18 Å². The summed E-state index contributed by atoms with van der Waals surface area (Å²) in [7, 11) is 0. The van der Waals surface area contributed by atoms with Crippen molar-refractivity contribution in [3.05, 3.63) is 59.9 Å². The minimum Gasteiger partial charge on any atom is -0.364 e. The summed E-state index contributed by atoms with van der Waals surface area (Å²) in [5.74, 6) is 0.116. The van der Waals surface area contributed by atoms with Gasteiger partial charge in [-0.1, -0.05) is 6.07 Å². The SMILES string of the molecule is C[C@H]1Cc2[nH]cc(C(=O)Nc3cccc(F)c3)c2-c2nccn21. The van der Waals surface area contributed by atoms with Gasteiger partial charge in [0.1, 0.15) is 11.6 Å². The number of amides is 1. The van der Waals surface area contributed by atoms with Crippen LogP contribution in [0.1, 0.15) is 29.0 Å². The molecular weight excluding hydrogens is 295 g/mol. The Morgan fingerprint density at radius 1 is 1.48 bits per heavy atom. The lowest BCUT2D eigenvalue weighted by molar-refractivity contribution is 0.102. The van der Waals surface area contributed by atoms with Crippen molar-refractivity contribution in [1.82, 2.24) is 14.5 Å². The van der Waals surface area contributed by atoms with E-state index in [0.29, 0.717) is 11.3 Å². The number of fused-ring (bicyclic) bond motifs is 3. The predicted molar refractivity (Wildman–Crippen MR) is 84.8 cm³/mol. The molecule has 3 aromatic rings. The van der Waals surface area contributed by atoms with Crippen LogP contribution in [0, 0.1) is 5.82 Å². The molecule has 2 aromatic heterocycles. The lowest BCUT2D eigenvalue weighted by Crippen LogP contribution is -2.18. The number of carbonyl (C=O) groups is 1. The molecule has 1 aliphatic heterocycles. The van der Waals surface area contributed by atoms with Crippen molar-refractivity contribution >= 4 is 11.6 Å². The Morgan fingerprint density at radius 2 is 2.35 bits per heavy atom. The van der Waals surface area contributed by atoms with Crippen LogP contribution in [0.4, 0.5) is 10.1 Å². The van der Waals surface area contributed by atoms with Crippen molar-refractivity contribution in [1.29, 1.82) is 0 Å². The van der Waals surface area contributed by atoms with E-state index in [1.807, 2.05) is 6.20 Å². The highest BCUT2D eigenvalue weighted by Gasteiger charge is 2.28. The van der Waals surface area contributed by atoms with Gasteiger partial charge in [-0.25, -0.2) is 9.37 Å². The Bertz CT molecular complexity index is 896. The number of rotatable bonds is 2. The Labute approximate surface area is 132 Å². The van der Waals surface area contributed by atoms with E-state index < -0.39 is 0 Å². The second-order valence-corrected chi connectivity index (χ2v) is 5.73. The summed E-state index contributed by atoms with van der Waals surface area (Å²) in [5, 5.41) is 2.73. The number of anilines is 1. The van der Waals surface area contributed by atoms with Gasteiger partial charge >= 0.3 is 0 Å². The van der Waals surface area contributed by atoms with Crippen molar-refractivity contribution < 1.29 is 9.18 Å². The number of carbonyl (C=O) groups excluding carboxylic acids is 1. The van der Waals surface area contributed by atoms with Crippen molar-refractivity contribution in [2.75, 3.05) is 5.32 Å². The van der Waals surface area contributed by atoms with Crippen LogP contribution < -0.4 is 5.32 Å². The molecule has 0 aliphatic carbocycles. The highest BCUT2D eigenvalue weighted by molar-refractivity contribution is 6.08. The zero-order chi connectivity index (χ0) is 16.0. The van der Waals surface area contributed by atoms with Gasteiger partial charge in [0, 0.05) is 42.4 Å². The molecule has 0 bridgehead atoms. The van der Waals surface area contributed by atoms with Gasteiger partial charge in [-0.15, -0.1) is 0 Å². The number of hydrogen-bond acceptors (Lipinski definition) is 2. The lowest BCUT2D eigenvalue weighted by atomic mass is 10.0. The number of aromatic amines is 1. The summed E-state index contributed by atoms with van der Waals surface area (Å²) in [6.07, 6.45) is 6.16. The van der Waals surface area contributed by atoms with E-state index in [-0.39, 0.29) is 17.8 Å². The number of hydrogen-bond donors (Lipinski definition) is 2. The average Bonchev–Trinajstić information content (AvgIpc) is 3.13. The van der Waals surface area contributed by atoms with Crippen molar-refractivity contribution in [2.45, 2.75) is 19.4 Å². The van der Waals surface area contributed by atoms with E-state index in [4.69, 9.17) is 0 Å². The van der Waals surface area contributed by atoms with Crippen LogP contribution in [-0.4, -0.2) is 20.4 Å². The Morgan fingerprint density at radius 3 is 3.17 bits per heavy atom. The van der Waals surface area contributed by atoms with Crippen LogP contribution in [0.15, 0.2) is 42.9 Å². The molecule has 4 rings (SSSR count). The third-order valence-electron chi connectivity index (χ3n) is 4.16. The van der Waals surface area contributed by atoms with Crippen LogP contribution in [-0.2, 0) is 6.42 Å². The van der Waals surface area contributed by atoms with Gasteiger partial charge in [-0.05, 0) is 25.1 Å². The molecule has 2 N–H and O–H groups in total. The molecule has 6 heteroatoms. The maximum Gasteiger partial charge on any atom is 0.257 e. The van der Waals surface area contributed by atoms with Gasteiger partial charge < -0.3 is 14.9 Å². The fourth-order valence-corrected chi connectivity index (χ4v) is 3.08. The Hall–Kier alpha value is -2.89. The van der Waals surface area contributed by atoms with Crippen molar-refractivity contribution in [2.24, 2.45) is 0 Å². The molecule has 1 amide bonds. The normalized spacial score (nSPS) is 15.8. The molecule has 1 aromatic carbocycles. The number of imidazole rings is 1. The minimum atomic E-state index is -0.386. The number of aromatic nitrogens is 3. The van der Waals surface area contributed by atoms with Gasteiger partial charge in [0.05, 0.1) is 11.1 Å². The molecule has 1 aliphatic rings. The largest absolute Gasteiger partial charge is 0.364 e. The topological polar surface area (TPSA) is 62.7 Å². The van der Waals surface area contributed by atoms with E-state index in [0.717, 1.165) is 23.5 Å². The second kappa shape index (κ2) is 5.08. The number of nitrogens with one attached hydrogen (secondary N) is 2. The van der Waals surface area contributed by atoms with Crippen LogP contribution in [0.5, 0.6) is 0 Å². The summed E-state index contributed by atoms with van der Waals surface area (Å²) >= 11 is 0. The van der Waals surface area contributed by atoms with Crippen LogP contribution >= 0.6 is 0 Å². The molecule has 0 fully saturated rings. The van der Waals surface area contributed by atoms with Gasteiger partial charge in [0.25, 0.3) is 5.91 Å². The zero-order valence-corrected chi connectivity index (χ0v) is 12.5. The Balaban J connectivity index is 1.71. The number of benzene rings is 1. The van der Waals surface area contributed by atoms with E-state index in [1.165, 1.54) is 12.1 Å². The summed E-state index contributed by atoms with van der Waals surface area (Å²) < 4.78 is 15.3. The standard InChI is InChI=1S/C17H15FN4O/c1-10-7-14-15(16-19-5-6-22(10)16)13(9-20-14)17(23)21-12-4-2-3-11(18)8-12/h2-6,8-10,20H,7H2,1H3,(H,21,23)/t10-/m0/s1. The number of nitrogens with zero attached hydrogens (tertiary/aromatic N) is 2. The summed E-state index contributed by atoms with van der Waals surface area (Å²) in [6.45, 7) is 2.11. The fourth-order valence-electron chi connectivity index (χ4n) is 3.08. The molecule has 0 unspecified atom stereocenters. The number of halogens is 1. The molecule has 0 radical (unpaired) electrons. The zero-order valence-electron chi connectivity index (χ0n) is 12.5. The van der Waals surface area contributed by atoms with Gasteiger partial charge in [0.15, 0.2) is 0 Å². The first-order valence-electron chi connectivity index (χ1n) is 7.44. The predicted octanol–water partition coefficient (Wildman–Crippen LogP) is 3.39.